The molecule has 7 nitrogen and oxygen atoms in total. The van der Waals surface area contributed by atoms with Gasteiger partial charge in [0.15, 0.2) is 0 Å². The third-order valence-corrected chi connectivity index (χ3v) is 7.03. The van der Waals surface area contributed by atoms with Crippen molar-refractivity contribution >= 4 is 33.2 Å². The number of pyridine rings is 1. The van der Waals surface area contributed by atoms with Gasteiger partial charge in [-0.1, -0.05) is 17.7 Å². The minimum absolute atomic E-state index is 0.104. The van der Waals surface area contributed by atoms with E-state index in [4.69, 9.17) is 11.6 Å². The fraction of sp³-hybridized carbons (Fsp3) is 0.217. The largest absolute Gasteiger partial charge is 0.336 e. The lowest BCUT2D eigenvalue weighted by Crippen LogP contribution is -2.48. The van der Waals surface area contributed by atoms with Crippen LogP contribution in [0.2, 0.25) is 5.02 Å². The maximum Gasteiger partial charge on any atom is 0.261 e. The van der Waals surface area contributed by atoms with Crippen molar-refractivity contribution in [3.63, 3.8) is 0 Å². The Labute approximate surface area is 196 Å². The number of nitrogens with one attached hydrogen (secondary N) is 1. The van der Waals surface area contributed by atoms with Crippen LogP contribution >= 0.6 is 11.6 Å². The molecule has 2 heterocycles. The molecule has 10 heteroatoms. The van der Waals surface area contributed by atoms with Crippen molar-refractivity contribution in [1.82, 2.24) is 14.8 Å². The standard InChI is InChI=1S/C23H22ClFN4O3S/c24-21-15-20(8-9-22(21)25)33(31,32)27-18-6-4-17(5-7-18)23(30)29-13-11-28(12-14-29)16-19-3-1-2-10-26-19/h1-10,15,27H,11-14,16H2. The average molecular weight is 489 g/mol. The van der Waals surface area contributed by atoms with Crippen molar-refractivity contribution in [3.8, 4) is 0 Å². The molecular weight excluding hydrogens is 467 g/mol. The molecule has 4 rings (SSSR count). The minimum Gasteiger partial charge on any atom is -0.336 e. The summed E-state index contributed by atoms with van der Waals surface area (Å²) >= 11 is 5.69. The smallest absolute Gasteiger partial charge is 0.261 e. The molecule has 1 aliphatic heterocycles. The van der Waals surface area contributed by atoms with Gasteiger partial charge in [-0.2, -0.15) is 0 Å². The second-order valence-corrected chi connectivity index (χ2v) is 9.74. The Morgan fingerprint density at radius 2 is 1.76 bits per heavy atom. The first-order valence-corrected chi connectivity index (χ1v) is 12.2. The molecule has 1 N–H and O–H groups in total. The highest BCUT2D eigenvalue weighted by Gasteiger charge is 2.23. The van der Waals surface area contributed by atoms with Gasteiger partial charge in [-0.15, -0.1) is 0 Å². The Bertz CT molecular complexity index is 1230. The van der Waals surface area contributed by atoms with Gasteiger partial charge in [0.05, 0.1) is 15.6 Å². The molecule has 33 heavy (non-hydrogen) atoms. The van der Waals surface area contributed by atoms with Crippen molar-refractivity contribution in [2.24, 2.45) is 0 Å². The normalized spacial score (nSPS) is 14.8. The van der Waals surface area contributed by atoms with Gasteiger partial charge < -0.3 is 4.90 Å². The summed E-state index contributed by atoms with van der Waals surface area (Å²) in [5, 5.41) is -0.279. The quantitative estimate of drug-likeness (QED) is 0.573. The van der Waals surface area contributed by atoms with E-state index < -0.39 is 15.8 Å². The molecule has 1 aliphatic rings. The maximum atomic E-state index is 13.3. The van der Waals surface area contributed by atoms with Crippen molar-refractivity contribution in [2.75, 3.05) is 30.9 Å². The first-order chi connectivity index (χ1) is 15.8. The zero-order valence-electron chi connectivity index (χ0n) is 17.6. The van der Waals surface area contributed by atoms with Crippen LogP contribution in [0.25, 0.3) is 0 Å². The number of nitrogens with zero attached hydrogens (tertiary/aromatic N) is 3. The highest BCUT2D eigenvalue weighted by Crippen LogP contribution is 2.22. The second kappa shape index (κ2) is 9.86. The van der Waals surface area contributed by atoms with Gasteiger partial charge in [0, 0.05) is 50.2 Å². The van der Waals surface area contributed by atoms with Crippen LogP contribution in [-0.4, -0.2) is 55.3 Å². The summed E-state index contributed by atoms with van der Waals surface area (Å²) in [6, 6.07) is 15.2. The van der Waals surface area contributed by atoms with Crippen LogP contribution in [-0.2, 0) is 16.6 Å². The number of sulfonamides is 1. The van der Waals surface area contributed by atoms with E-state index in [2.05, 4.69) is 14.6 Å². The van der Waals surface area contributed by atoms with E-state index in [9.17, 15) is 17.6 Å². The summed E-state index contributed by atoms with van der Waals surface area (Å²) in [5.74, 6) is -0.803. The first-order valence-electron chi connectivity index (χ1n) is 10.3. The highest BCUT2D eigenvalue weighted by atomic mass is 35.5. The highest BCUT2D eigenvalue weighted by molar-refractivity contribution is 7.92. The molecule has 1 amide bonds. The van der Waals surface area contributed by atoms with Gasteiger partial charge in [-0.25, -0.2) is 12.8 Å². The number of anilines is 1. The number of hydrogen-bond acceptors (Lipinski definition) is 5. The summed E-state index contributed by atoms with van der Waals surface area (Å²) in [6.07, 6.45) is 1.77. The summed E-state index contributed by atoms with van der Waals surface area (Å²) in [7, 11) is -3.95. The monoisotopic (exact) mass is 488 g/mol. The number of rotatable bonds is 6. The van der Waals surface area contributed by atoms with Crippen molar-refractivity contribution in [1.29, 1.82) is 0 Å². The molecule has 0 saturated carbocycles. The minimum atomic E-state index is -3.95. The van der Waals surface area contributed by atoms with Crippen molar-refractivity contribution in [2.45, 2.75) is 11.4 Å². The van der Waals surface area contributed by atoms with E-state index in [0.717, 1.165) is 43.5 Å². The third-order valence-electron chi connectivity index (χ3n) is 5.36. The Balaban J connectivity index is 1.35. The van der Waals surface area contributed by atoms with E-state index in [0.29, 0.717) is 18.7 Å². The van der Waals surface area contributed by atoms with Crippen LogP contribution in [0, 0.1) is 5.82 Å². The molecular formula is C23H22ClFN4O3S. The number of halogens is 2. The number of hydrogen-bond donors (Lipinski definition) is 1. The van der Waals surface area contributed by atoms with Gasteiger partial charge in [0.1, 0.15) is 5.82 Å². The van der Waals surface area contributed by atoms with Crippen molar-refractivity contribution in [3.05, 3.63) is 89.0 Å². The number of carbonyl (C=O) groups is 1. The van der Waals surface area contributed by atoms with Gasteiger partial charge in [-0.05, 0) is 54.6 Å². The predicted octanol–water partition coefficient (Wildman–Crippen LogP) is 3.63. The van der Waals surface area contributed by atoms with Gasteiger partial charge in [0.2, 0.25) is 0 Å². The molecule has 1 aromatic heterocycles. The molecule has 1 fully saturated rings. The van der Waals surface area contributed by atoms with E-state index >= 15 is 0 Å². The molecule has 0 atom stereocenters. The summed E-state index contributed by atoms with van der Waals surface area (Å²) in [4.78, 5) is 21.1. The second-order valence-electron chi connectivity index (χ2n) is 7.65. The van der Waals surface area contributed by atoms with Gasteiger partial charge in [0.25, 0.3) is 15.9 Å². The van der Waals surface area contributed by atoms with Crippen molar-refractivity contribution < 1.29 is 17.6 Å². The van der Waals surface area contributed by atoms with Crippen LogP contribution in [0.5, 0.6) is 0 Å². The zero-order valence-corrected chi connectivity index (χ0v) is 19.2. The Morgan fingerprint density at radius 1 is 1.03 bits per heavy atom. The fourth-order valence-electron chi connectivity index (χ4n) is 3.55. The average Bonchev–Trinajstić information content (AvgIpc) is 2.82. The third kappa shape index (κ3) is 5.68. The zero-order chi connectivity index (χ0) is 23.4. The lowest BCUT2D eigenvalue weighted by molar-refractivity contribution is 0.0627. The van der Waals surface area contributed by atoms with E-state index in [-0.39, 0.29) is 21.5 Å². The van der Waals surface area contributed by atoms with E-state index in [1.807, 2.05) is 18.2 Å². The SMILES string of the molecule is O=C(c1ccc(NS(=O)(=O)c2ccc(F)c(Cl)c2)cc1)N1CCN(Cc2ccccn2)CC1. The molecule has 0 unspecified atom stereocenters. The number of amides is 1. The van der Waals surface area contributed by atoms with Crippen LogP contribution < -0.4 is 4.72 Å². The number of aromatic nitrogens is 1. The van der Waals surface area contributed by atoms with E-state index in [1.54, 1.807) is 23.2 Å². The van der Waals surface area contributed by atoms with E-state index in [1.165, 1.54) is 12.1 Å². The lowest BCUT2D eigenvalue weighted by Gasteiger charge is -2.34. The molecule has 3 aromatic rings. The molecule has 0 bridgehead atoms. The molecule has 0 aliphatic carbocycles. The lowest BCUT2D eigenvalue weighted by atomic mass is 10.1. The number of piperazine rings is 1. The number of benzene rings is 2. The predicted molar refractivity (Wildman–Crippen MR) is 124 cm³/mol. The van der Waals surface area contributed by atoms with Crippen LogP contribution in [0.3, 0.4) is 0 Å². The molecule has 2 aromatic carbocycles. The molecule has 0 spiro atoms. The summed E-state index contributed by atoms with van der Waals surface area (Å²) < 4.78 is 40.8. The topological polar surface area (TPSA) is 82.6 Å². The van der Waals surface area contributed by atoms with Crippen LogP contribution in [0.1, 0.15) is 16.1 Å². The van der Waals surface area contributed by atoms with Gasteiger partial charge >= 0.3 is 0 Å². The Kier molecular flexibility index (Phi) is 6.92. The fourth-order valence-corrected chi connectivity index (χ4v) is 4.88. The molecule has 1 saturated heterocycles. The van der Waals surface area contributed by atoms with Crippen LogP contribution in [0.15, 0.2) is 71.8 Å². The van der Waals surface area contributed by atoms with Gasteiger partial charge in [-0.3, -0.25) is 19.4 Å². The maximum absolute atomic E-state index is 13.3. The molecule has 172 valence electrons. The first kappa shape index (κ1) is 23.2. The summed E-state index contributed by atoms with van der Waals surface area (Å²) in [6.45, 7) is 3.45. The molecule has 0 radical (unpaired) electrons. The number of carbonyl (C=O) groups excluding carboxylic acids is 1. The Morgan fingerprint density at radius 3 is 2.39 bits per heavy atom. The van der Waals surface area contributed by atoms with Crippen LogP contribution in [0.4, 0.5) is 10.1 Å². The summed E-state index contributed by atoms with van der Waals surface area (Å²) in [5.41, 5.74) is 1.76. The Hall–Kier alpha value is -3.01.